The van der Waals surface area contributed by atoms with Gasteiger partial charge in [0.15, 0.2) is 5.78 Å². The summed E-state index contributed by atoms with van der Waals surface area (Å²) >= 11 is 5.21. The van der Waals surface area contributed by atoms with E-state index in [0.29, 0.717) is 11.2 Å². The van der Waals surface area contributed by atoms with Crippen LogP contribution < -0.4 is 0 Å². The quantitative estimate of drug-likeness (QED) is 0.646. The van der Waals surface area contributed by atoms with Crippen molar-refractivity contribution in [2.75, 3.05) is 0 Å². The van der Waals surface area contributed by atoms with Crippen LogP contribution in [0.4, 0.5) is 0 Å². The molecule has 0 aromatic carbocycles. The highest BCUT2D eigenvalue weighted by atomic mass is 79.9. The summed E-state index contributed by atoms with van der Waals surface area (Å²) in [7, 11) is 0. The minimum Gasteiger partial charge on any atom is -0.293 e. The van der Waals surface area contributed by atoms with Crippen molar-refractivity contribution < 1.29 is 4.79 Å². The molecule has 0 saturated heterocycles. The zero-order chi connectivity index (χ0) is 13.9. The molecule has 4 bridgehead atoms. The van der Waals surface area contributed by atoms with E-state index in [-0.39, 0.29) is 0 Å². The van der Waals surface area contributed by atoms with Crippen molar-refractivity contribution in [2.45, 2.75) is 51.9 Å². The fourth-order valence-electron chi connectivity index (χ4n) is 5.60. The van der Waals surface area contributed by atoms with Gasteiger partial charge in [0.25, 0.3) is 0 Å². The monoisotopic (exact) mass is 352 g/mol. The van der Waals surface area contributed by atoms with Gasteiger partial charge in [0, 0.05) is 15.8 Å². The largest absolute Gasteiger partial charge is 0.293 e. The molecule has 108 valence electrons. The molecule has 0 unspecified atom stereocenters. The molecule has 1 nitrogen and oxygen atoms in total. The maximum absolute atomic E-state index is 12.7. The van der Waals surface area contributed by atoms with Crippen molar-refractivity contribution in [1.82, 2.24) is 0 Å². The van der Waals surface area contributed by atoms with E-state index in [1.54, 1.807) is 11.3 Å². The summed E-state index contributed by atoms with van der Waals surface area (Å²) in [6, 6.07) is 2.08. The van der Waals surface area contributed by atoms with Crippen LogP contribution in [0.1, 0.15) is 59.5 Å². The standard InChI is InChI=1S/C17H21BrOS/c1-10-2-14(18)16(20-10)15(19)9-17-6-11-3-12(7-17)5-13(4-11)8-17/h2,11-13H,3-9H2,1H3. The zero-order valence-corrected chi connectivity index (χ0v) is 14.4. The Balaban J connectivity index is 1.57. The molecule has 3 heteroatoms. The molecule has 20 heavy (non-hydrogen) atoms. The molecule has 0 aliphatic heterocycles. The van der Waals surface area contributed by atoms with Gasteiger partial charge < -0.3 is 0 Å². The Morgan fingerprint density at radius 1 is 1.25 bits per heavy atom. The number of aryl methyl sites for hydroxylation is 1. The van der Waals surface area contributed by atoms with Gasteiger partial charge in [-0.15, -0.1) is 11.3 Å². The number of rotatable bonds is 3. The van der Waals surface area contributed by atoms with Gasteiger partial charge in [-0.1, -0.05) is 0 Å². The molecular weight excluding hydrogens is 332 g/mol. The van der Waals surface area contributed by atoms with E-state index < -0.39 is 0 Å². The van der Waals surface area contributed by atoms with Gasteiger partial charge in [0.2, 0.25) is 0 Å². The van der Waals surface area contributed by atoms with Crippen molar-refractivity contribution in [3.05, 3.63) is 20.3 Å². The van der Waals surface area contributed by atoms with E-state index in [9.17, 15) is 4.79 Å². The summed E-state index contributed by atoms with van der Waals surface area (Å²) in [4.78, 5) is 14.9. The van der Waals surface area contributed by atoms with Gasteiger partial charge in [-0.3, -0.25) is 4.79 Å². The topological polar surface area (TPSA) is 17.1 Å². The van der Waals surface area contributed by atoms with Crippen molar-refractivity contribution in [3.63, 3.8) is 0 Å². The fraction of sp³-hybridized carbons (Fsp3) is 0.706. The molecule has 1 heterocycles. The lowest BCUT2D eigenvalue weighted by atomic mass is 9.48. The Morgan fingerprint density at radius 2 is 1.80 bits per heavy atom. The number of halogens is 1. The fourth-order valence-corrected chi connectivity index (χ4v) is 7.40. The molecule has 0 spiro atoms. The predicted octanol–water partition coefficient (Wildman–Crippen LogP) is 5.61. The molecule has 5 rings (SSSR count). The third kappa shape index (κ3) is 2.21. The highest BCUT2D eigenvalue weighted by Gasteiger charge is 2.51. The summed E-state index contributed by atoms with van der Waals surface area (Å²) < 4.78 is 1.01. The number of hydrogen-bond donors (Lipinski definition) is 0. The first-order valence-corrected chi connectivity index (χ1v) is 9.43. The molecular formula is C17H21BrOS. The number of hydrogen-bond acceptors (Lipinski definition) is 2. The molecule has 4 aliphatic rings. The van der Waals surface area contributed by atoms with Crippen molar-refractivity contribution in [1.29, 1.82) is 0 Å². The second-order valence-corrected chi connectivity index (χ2v) is 9.66. The van der Waals surface area contributed by atoms with Crippen LogP contribution in [0.15, 0.2) is 10.5 Å². The average molecular weight is 353 g/mol. The number of thiophene rings is 1. The lowest BCUT2D eigenvalue weighted by Crippen LogP contribution is -2.46. The normalized spacial score (nSPS) is 38.4. The van der Waals surface area contributed by atoms with Gasteiger partial charge in [0.05, 0.1) is 4.88 Å². The van der Waals surface area contributed by atoms with Gasteiger partial charge in [-0.05, 0) is 90.6 Å². The first-order chi connectivity index (χ1) is 9.53. The summed E-state index contributed by atoms with van der Waals surface area (Å²) in [5.74, 6) is 3.18. The van der Waals surface area contributed by atoms with Crippen molar-refractivity contribution >= 4 is 33.0 Å². The van der Waals surface area contributed by atoms with E-state index in [1.807, 2.05) is 0 Å². The minimum atomic E-state index is 0.364. The van der Waals surface area contributed by atoms with Crippen LogP contribution in [0.5, 0.6) is 0 Å². The van der Waals surface area contributed by atoms with E-state index in [2.05, 4.69) is 28.9 Å². The highest BCUT2D eigenvalue weighted by Crippen LogP contribution is 2.61. The molecule has 0 amide bonds. The minimum absolute atomic E-state index is 0.364. The van der Waals surface area contributed by atoms with Crippen LogP contribution in [0.3, 0.4) is 0 Å². The van der Waals surface area contributed by atoms with E-state index in [1.165, 1.54) is 43.4 Å². The summed E-state index contributed by atoms with van der Waals surface area (Å²) in [6.07, 6.45) is 9.14. The lowest BCUT2D eigenvalue weighted by molar-refractivity contribution is -0.0523. The van der Waals surface area contributed by atoms with Crippen LogP contribution in [0.25, 0.3) is 0 Å². The summed E-state index contributed by atoms with van der Waals surface area (Å²) in [5, 5.41) is 0. The third-order valence-corrected chi connectivity index (χ3v) is 7.74. The second kappa shape index (κ2) is 4.67. The van der Waals surface area contributed by atoms with Crippen LogP contribution in [0, 0.1) is 30.1 Å². The number of ketones is 1. The molecule has 4 fully saturated rings. The number of carbonyl (C=O) groups is 1. The SMILES string of the molecule is Cc1cc(Br)c(C(=O)CC23CC4CC(CC(C4)C2)C3)s1. The first kappa shape index (κ1) is 13.5. The number of carbonyl (C=O) groups excluding carboxylic acids is 1. The van der Waals surface area contributed by atoms with Crippen LogP contribution in [0.2, 0.25) is 0 Å². The van der Waals surface area contributed by atoms with Gasteiger partial charge in [-0.2, -0.15) is 0 Å². The number of Topliss-reactive ketones (excluding diaryl/α,β-unsaturated/α-hetero) is 1. The van der Waals surface area contributed by atoms with Crippen molar-refractivity contribution in [2.24, 2.45) is 23.2 Å². The molecule has 1 aromatic rings. The summed E-state index contributed by atoms with van der Waals surface area (Å²) in [6.45, 7) is 2.08. The molecule has 0 N–H and O–H groups in total. The van der Waals surface area contributed by atoms with Gasteiger partial charge >= 0.3 is 0 Å². The summed E-state index contributed by atoms with van der Waals surface area (Å²) in [5.41, 5.74) is 0.364. The van der Waals surface area contributed by atoms with Crippen LogP contribution >= 0.6 is 27.3 Å². The zero-order valence-electron chi connectivity index (χ0n) is 12.0. The van der Waals surface area contributed by atoms with E-state index >= 15 is 0 Å². The van der Waals surface area contributed by atoms with Crippen LogP contribution in [-0.2, 0) is 0 Å². The van der Waals surface area contributed by atoms with E-state index in [4.69, 9.17) is 0 Å². The average Bonchev–Trinajstić information content (AvgIpc) is 2.66. The molecule has 0 radical (unpaired) electrons. The van der Waals surface area contributed by atoms with E-state index in [0.717, 1.165) is 33.5 Å². The third-order valence-electron chi connectivity index (χ3n) is 5.76. The highest BCUT2D eigenvalue weighted by molar-refractivity contribution is 9.10. The Kier molecular flexibility index (Phi) is 3.16. The maximum Gasteiger partial charge on any atom is 0.174 e. The predicted molar refractivity (Wildman–Crippen MR) is 86.3 cm³/mol. The Hall–Kier alpha value is -0.150. The molecule has 4 saturated carbocycles. The smallest absolute Gasteiger partial charge is 0.174 e. The molecule has 1 aromatic heterocycles. The van der Waals surface area contributed by atoms with Crippen molar-refractivity contribution in [3.8, 4) is 0 Å². The van der Waals surface area contributed by atoms with Gasteiger partial charge in [-0.25, -0.2) is 0 Å². The van der Waals surface area contributed by atoms with Gasteiger partial charge in [0.1, 0.15) is 0 Å². The lowest BCUT2D eigenvalue weighted by Gasteiger charge is -2.56. The Morgan fingerprint density at radius 3 is 2.25 bits per heavy atom. The Labute approximate surface area is 133 Å². The first-order valence-electron chi connectivity index (χ1n) is 7.82. The molecule has 0 atom stereocenters. The maximum atomic E-state index is 12.7. The second-order valence-electron chi connectivity index (χ2n) is 7.55. The Bertz CT molecular complexity index is 524. The van der Waals surface area contributed by atoms with Crippen LogP contribution in [-0.4, -0.2) is 5.78 Å². The molecule has 4 aliphatic carbocycles.